The Labute approximate surface area is 251 Å². The summed E-state index contributed by atoms with van der Waals surface area (Å²) in [5, 5.41) is 0. The molecular formula is C30H28Br2Cl2N2O2. The van der Waals surface area contributed by atoms with Crippen LogP contribution in [0.4, 0.5) is 11.4 Å². The Morgan fingerprint density at radius 1 is 0.789 bits per heavy atom. The molecule has 8 heteroatoms. The largest absolute Gasteiger partial charge is 0.427 e. The molecule has 0 spiro atoms. The number of alkyl halides is 2. The number of rotatable bonds is 5. The predicted octanol–water partition coefficient (Wildman–Crippen LogP) is 9.66. The van der Waals surface area contributed by atoms with Crippen LogP contribution < -0.4 is 14.5 Å². The SMILES string of the molecule is CC(=O)Oc1ccc(C=Cc2cc(C)cc(C)c2N2C(Br)=C(Br)N(c3c(C)cc(C)cc3C)C2(Cl)Cl)cc1. The predicted molar refractivity (Wildman–Crippen MR) is 168 cm³/mol. The topological polar surface area (TPSA) is 32.8 Å². The van der Waals surface area contributed by atoms with Gasteiger partial charge in [-0.05, 0) is 112 Å². The second kappa shape index (κ2) is 11.1. The summed E-state index contributed by atoms with van der Waals surface area (Å²) in [4.78, 5) is 15.0. The van der Waals surface area contributed by atoms with Gasteiger partial charge in [0.15, 0.2) is 0 Å². The van der Waals surface area contributed by atoms with Gasteiger partial charge in [-0.3, -0.25) is 14.6 Å². The highest BCUT2D eigenvalue weighted by molar-refractivity contribution is 9.14. The third kappa shape index (κ3) is 5.55. The maximum absolute atomic E-state index is 11.2. The van der Waals surface area contributed by atoms with Crippen LogP contribution in [-0.4, -0.2) is 10.6 Å². The zero-order chi connectivity index (χ0) is 27.9. The van der Waals surface area contributed by atoms with Gasteiger partial charge in [-0.15, -0.1) is 0 Å². The number of esters is 1. The van der Waals surface area contributed by atoms with Crippen LogP contribution in [0.15, 0.2) is 57.7 Å². The number of hydrogen-bond donors (Lipinski definition) is 0. The Morgan fingerprint density at radius 3 is 1.79 bits per heavy atom. The summed E-state index contributed by atoms with van der Waals surface area (Å²) < 4.78 is 5.13. The normalized spacial score (nSPS) is 15.1. The maximum atomic E-state index is 11.2. The molecule has 0 unspecified atom stereocenters. The molecule has 3 aromatic rings. The van der Waals surface area contributed by atoms with Crippen LogP contribution >= 0.6 is 55.1 Å². The zero-order valence-electron chi connectivity index (χ0n) is 22.0. The monoisotopic (exact) mass is 676 g/mol. The molecule has 3 aromatic carbocycles. The van der Waals surface area contributed by atoms with Crippen molar-refractivity contribution in [2.75, 3.05) is 9.80 Å². The lowest BCUT2D eigenvalue weighted by Gasteiger charge is -2.39. The summed E-state index contributed by atoms with van der Waals surface area (Å²) in [6, 6.07) is 15.8. The van der Waals surface area contributed by atoms with Crippen molar-refractivity contribution in [3.63, 3.8) is 0 Å². The Morgan fingerprint density at radius 2 is 1.26 bits per heavy atom. The molecule has 0 fully saturated rings. The second-order valence-corrected chi connectivity index (χ2v) is 12.3. The first-order valence-electron chi connectivity index (χ1n) is 12.0. The molecule has 4 nitrogen and oxygen atoms in total. The standard InChI is InChI=1S/C30H28Br2Cl2N2O2/c1-17-13-19(3)26(20(4)14-17)35-28(31)29(32)36(30(35,33)34)27-21(5)15-18(2)16-24(27)10-7-23-8-11-25(12-9-23)38-22(6)37/h7-16H,1-6H3. The Bertz CT molecular complexity index is 1460. The molecule has 0 aliphatic carbocycles. The summed E-state index contributed by atoms with van der Waals surface area (Å²) in [5.74, 6) is 0.160. The molecule has 0 N–H and O–H groups in total. The minimum absolute atomic E-state index is 0.348. The van der Waals surface area contributed by atoms with Gasteiger partial charge in [0.2, 0.25) is 0 Å². The van der Waals surface area contributed by atoms with Gasteiger partial charge in [0.25, 0.3) is 4.58 Å². The molecule has 1 heterocycles. The van der Waals surface area contributed by atoms with Crippen LogP contribution in [0.2, 0.25) is 0 Å². The molecule has 4 rings (SSSR count). The number of anilines is 2. The van der Waals surface area contributed by atoms with E-state index in [-0.39, 0.29) is 5.97 Å². The lowest BCUT2D eigenvalue weighted by Crippen LogP contribution is -2.46. The molecule has 0 aromatic heterocycles. The van der Waals surface area contributed by atoms with Crippen molar-refractivity contribution in [3.05, 3.63) is 96.7 Å². The van der Waals surface area contributed by atoms with Gasteiger partial charge in [-0.1, -0.05) is 76.8 Å². The van der Waals surface area contributed by atoms with Crippen LogP contribution in [0.3, 0.4) is 0 Å². The first kappa shape index (κ1) is 28.8. The minimum atomic E-state index is -1.46. The molecule has 198 valence electrons. The Hall–Kier alpha value is -2.25. The van der Waals surface area contributed by atoms with E-state index in [4.69, 9.17) is 27.9 Å². The highest BCUT2D eigenvalue weighted by Crippen LogP contribution is 2.54. The summed E-state index contributed by atoms with van der Waals surface area (Å²) in [6.07, 6.45) is 4.05. The van der Waals surface area contributed by atoms with Crippen LogP contribution in [0, 0.1) is 34.6 Å². The number of benzene rings is 3. The first-order chi connectivity index (χ1) is 17.8. The van der Waals surface area contributed by atoms with Crippen molar-refractivity contribution in [3.8, 4) is 5.75 Å². The summed E-state index contributed by atoms with van der Waals surface area (Å²) >= 11 is 22.0. The Kier molecular flexibility index (Phi) is 8.39. The number of halogens is 4. The van der Waals surface area contributed by atoms with Crippen molar-refractivity contribution in [2.24, 2.45) is 0 Å². The minimum Gasteiger partial charge on any atom is -0.427 e. The number of carbonyl (C=O) groups excluding carboxylic acids is 1. The molecule has 0 bridgehead atoms. The van der Waals surface area contributed by atoms with Crippen LogP contribution in [0.5, 0.6) is 5.75 Å². The van der Waals surface area contributed by atoms with Gasteiger partial charge in [-0.25, -0.2) is 0 Å². The summed E-state index contributed by atoms with van der Waals surface area (Å²) in [6.45, 7) is 11.7. The van der Waals surface area contributed by atoms with Crippen molar-refractivity contribution in [1.29, 1.82) is 0 Å². The average Bonchev–Trinajstić information content (AvgIpc) is 2.97. The average molecular weight is 679 g/mol. The fourth-order valence-electron chi connectivity index (χ4n) is 4.94. The first-order valence-corrected chi connectivity index (χ1v) is 14.3. The number of hydrogen-bond acceptors (Lipinski definition) is 4. The van der Waals surface area contributed by atoms with Crippen molar-refractivity contribution in [1.82, 2.24) is 0 Å². The highest BCUT2D eigenvalue weighted by Gasteiger charge is 2.51. The van der Waals surface area contributed by atoms with E-state index in [1.54, 1.807) is 12.1 Å². The van der Waals surface area contributed by atoms with Gasteiger partial charge in [0, 0.05) is 6.92 Å². The fraction of sp³-hybridized carbons (Fsp3) is 0.233. The van der Waals surface area contributed by atoms with E-state index >= 15 is 0 Å². The van der Waals surface area contributed by atoms with E-state index in [2.05, 4.69) is 90.7 Å². The maximum Gasteiger partial charge on any atom is 0.308 e. The quantitative estimate of drug-likeness (QED) is 0.0885. The van der Waals surface area contributed by atoms with Gasteiger partial charge >= 0.3 is 5.97 Å². The molecule has 0 saturated carbocycles. The fourth-order valence-corrected chi connectivity index (χ4v) is 7.24. The van der Waals surface area contributed by atoms with E-state index < -0.39 is 4.58 Å². The van der Waals surface area contributed by atoms with Crippen LogP contribution in [-0.2, 0) is 4.79 Å². The third-order valence-corrected chi connectivity index (χ3v) is 8.92. The lowest BCUT2D eigenvalue weighted by molar-refractivity contribution is -0.131. The van der Waals surface area contributed by atoms with Gasteiger partial charge in [0.1, 0.15) is 15.0 Å². The number of nitrogens with zero attached hydrogens (tertiary/aromatic N) is 2. The van der Waals surface area contributed by atoms with Gasteiger partial charge in [-0.2, -0.15) is 0 Å². The van der Waals surface area contributed by atoms with Crippen molar-refractivity contribution < 1.29 is 9.53 Å². The molecule has 1 aliphatic rings. The van der Waals surface area contributed by atoms with Crippen molar-refractivity contribution >= 4 is 84.6 Å². The van der Waals surface area contributed by atoms with E-state index in [1.165, 1.54) is 12.5 Å². The number of ether oxygens (including phenoxy) is 1. The molecule has 0 atom stereocenters. The number of carbonyl (C=O) groups is 1. The van der Waals surface area contributed by atoms with Crippen molar-refractivity contribution in [2.45, 2.75) is 46.1 Å². The van der Waals surface area contributed by atoms with E-state index in [0.29, 0.717) is 10.4 Å². The molecule has 0 amide bonds. The Balaban J connectivity index is 1.80. The van der Waals surface area contributed by atoms with E-state index in [1.807, 2.05) is 34.1 Å². The van der Waals surface area contributed by atoms with Gasteiger partial charge < -0.3 is 4.74 Å². The van der Waals surface area contributed by atoms with Gasteiger partial charge in [0.05, 0.1) is 11.4 Å². The summed E-state index contributed by atoms with van der Waals surface area (Å²) in [5.41, 5.74) is 9.20. The zero-order valence-corrected chi connectivity index (χ0v) is 26.7. The number of aryl methyl sites for hydroxylation is 5. The molecule has 0 saturated heterocycles. The van der Waals surface area contributed by atoms with E-state index in [0.717, 1.165) is 49.4 Å². The van der Waals surface area contributed by atoms with E-state index in [9.17, 15) is 4.79 Å². The van der Waals surface area contributed by atoms with Crippen LogP contribution in [0.25, 0.3) is 12.2 Å². The third-order valence-electron chi connectivity index (χ3n) is 6.25. The lowest BCUT2D eigenvalue weighted by atomic mass is 10.0. The molecule has 38 heavy (non-hydrogen) atoms. The molecular weight excluding hydrogens is 651 g/mol. The molecule has 0 radical (unpaired) electrons. The molecule has 1 aliphatic heterocycles. The highest BCUT2D eigenvalue weighted by atomic mass is 79.9. The second-order valence-electron chi connectivity index (χ2n) is 9.52. The van der Waals surface area contributed by atoms with Crippen LogP contribution in [0.1, 0.15) is 45.9 Å². The summed E-state index contributed by atoms with van der Waals surface area (Å²) in [7, 11) is 0. The smallest absolute Gasteiger partial charge is 0.308 e.